The molecule has 0 aliphatic rings. The largest absolute Gasteiger partial charge is 0.493 e. The highest BCUT2D eigenvalue weighted by Crippen LogP contribution is 2.20. The van der Waals surface area contributed by atoms with Crippen LogP contribution >= 0.6 is 24.0 Å². The van der Waals surface area contributed by atoms with Gasteiger partial charge in [-0.1, -0.05) is 17.7 Å². The predicted molar refractivity (Wildman–Crippen MR) is 79.9 cm³/mol. The van der Waals surface area contributed by atoms with Crippen molar-refractivity contribution in [3.05, 3.63) is 45.4 Å². The third-order valence-corrected chi connectivity index (χ3v) is 4.43. The van der Waals surface area contributed by atoms with E-state index in [1.807, 2.05) is 19.1 Å². The number of thiol groups is 1. The average Bonchev–Trinajstić information content (AvgIpc) is 2.72. The summed E-state index contributed by atoms with van der Waals surface area (Å²) in [4.78, 5) is 5.77. The van der Waals surface area contributed by atoms with Crippen molar-refractivity contribution in [3.8, 4) is 5.75 Å². The summed E-state index contributed by atoms with van der Waals surface area (Å²) >= 11 is 6.02. The highest BCUT2D eigenvalue weighted by molar-refractivity contribution is 7.79. The minimum Gasteiger partial charge on any atom is -0.493 e. The van der Waals surface area contributed by atoms with Gasteiger partial charge in [-0.05, 0) is 26.0 Å². The molecule has 0 aliphatic carbocycles. The van der Waals surface area contributed by atoms with Gasteiger partial charge in [0.1, 0.15) is 5.75 Å². The Bertz CT molecular complexity index is 505. The zero-order chi connectivity index (χ0) is 13.0. The minimum absolute atomic E-state index is 0.669. The molecule has 0 amide bonds. The number of ether oxygens (including phenoxy) is 1. The molecule has 0 aliphatic heterocycles. The van der Waals surface area contributed by atoms with Crippen molar-refractivity contribution in [2.75, 3.05) is 6.61 Å². The molecule has 0 bridgehead atoms. The second kappa shape index (κ2) is 6.25. The van der Waals surface area contributed by atoms with E-state index in [2.05, 4.69) is 36.7 Å². The highest BCUT2D eigenvalue weighted by Gasteiger charge is 2.06. The summed E-state index contributed by atoms with van der Waals surface area (Å²) in [7, 11) is 0. The van der Waals surface area contributed by atoms with E-state index in [1.165, 1.54) is 10.4 Å². The lowest BCUT2D eigenvalue weighted by Crippen LogP contribution is -2.00. The van der Waals surface area contributed by atoms with Crippen LogP contribution in [0.3, 0.4) is 0 Å². The van der Waals surface area contributed by atoms with Crippen LogP contribution in [0.15, 0.2) is 24.3 Å². The fourth-order valence-corrected chi connectivity index (χ4v) is 2.97. The average molecular weight is 279 g/mol. The third-order valence-electron chi connectivity index (χ3n) is 2.69. The fraction of sp³-hybridized carbons (Fsp3) is 0.357. The maximum atomic E-state index is 5.70. The molecule has 0 atom stereocenters. The summed E-state index contributed by atoms with van der Waals surface area (Å²) < 4.78 is 5.70. The van der Waals surface area contributed by atoms with E-state index in [-0.39, 0.29) is 0 Å². The number of thiazole rings is 1. The number of hydrogen-bond donors (Lipinski definition) is 1. The lowest BCUT2D eigenvalue weighted by atomic mass is 10.2. The molecule has 2 rings (SSSR count). The van der Waals surface area contributed by atoms with Crippen molar-refractivity contribution in [1.29, 1.82) is 0 Å². The Labute approximate surface area is 117 Å². The molecule has 18 heavy (non-hydrogen) atoms. The van der Waals surface area contributed by atoms with Crippen molar-refractivity contribution in [2.45, 2.75) is 26.0 Å². The van der Waals surface area contributed by atoms with Gasteiger partial charge in [0.05, 0.1) is 17.3 Å². The molecule has 1 heterocycles. The normalized spacial score (nSPS) is 10.6. The van der Waals surface area contributed by atoms with E-state index >= 15 is 0 Å². The van der Waals surface area contributed by atoms with Crippen molar-refractivity contribution < 1.29 is 4.74 Å². The molecule has 2 nitrogen and oxygen atoms in total. The van der Waals surface area contributed by atoms with Crippen LogP contribution in [0.1, 0.15) is 21.1 Å². The van der Waals surface area contributed by atoms with E-state index in [0.717, 1.165) is 28.6 Å². The van der Waals surface area contributed by atoms with Crippen LogP contribution in [0.5, 0.6) is 5.75 Å². The first-order valence-electron chi connectivity index (χ1n) is 5.94. The van der Waals surface area contributed by atoms with Crippen LogP contribution in [0.2, 0.25) is 0 Å². The Morgan fingerprint density at radius 1 is 1.22 bits per heavy atom. The molecule has 4 heteroatoms. The Hall–Kier alpha value is -1.00. The van der Waals surface area contributed by atoms with Gasteiger partial charge in [-0.2, -0.15) is 12.6 Å². The Morgan fingerprint density at radius 3 is 2.56 bits per heavy atom. The van der Waals surface area contributed by atoms with E-state index < -0.39 is 0 Å². The first-order chi connectivity index (χ1) is 8.69. The minimum atomic E-state index is 0.669. The van der Waals surface area contributed by atoms with Gasteiger partial charge in [-0.3, -0.25) is 0 Å². The summed E-state index contributed by atoms with van der Waals surface area (Å²) in [5.74, 6) is 1.69. The van der Waals surface area contributed by atoms with Gasteiger partial charge in [0.25, 0.3) is 0 Å². The van der Waals surface area contributed by atoms with Crippen LogP contribution in [0, 0.1) is 13.8 Å². The standard InChI is InChI=1S/C14H17NOS2/c1-10-3-5-12(6-4-10)16-8-7-14-15-11(2)13(9-17)18-14/h3-6,17H,7-9H2,1-2H3. The van der Waals surface area contributed by atoms with Gasteiger partial charge in [0.2, 0.25) is 0 Å². The molecule has 0 spiro atoms. The Balaban J connectivity index is 1.86. The molecule has 0 radical (unpaired) electrons. The maximum absolute atomic E-state index is 5.70. The molecule has 1 aromatic heterocycles. The number of aryl methyl sites for hydroxylation is 2. The van der Waals surface area contributed by atoms with Gasteiger partial charge in [-0.15, -0.1) is 11.3 Å². The van der Waals surface area contributed by atoms with E-state index in [9.17, 15) is 0 Å². The number of benzene rings is 1. The summed E-state index contributed by atoms with van der Waals surface area (Å²) in [6, 6.07) is 8.12. The molecular formula is C14H17NOS2. The van der Waals surface area contributed by atoms with Crippen LogP contribution in [0.4, 0.5) is 0 Å². The second-order valence-corrected chi connectivity index (χ2v) is 5.67. The Morgan fingerprint density at radius 2 is 1.94 bits per heavy atom. The molecule has 2 aromatic rings. The lowest BCUT2D eigenvalue weighted by molar-refractivity contribution is 0.321. The SMILES string of the molecule is Cc1ccc(OCCc2nc(C)c(CS)s2)cc1. The predicted octanol–water partition coefficient (Wildman–Crippen LogP) is 3.81. The molecule has 0 unspecified atom stereocenters. The van der Waals surface area contributed by atoms with Gasteiger partial charge >= 0.3 is 0 Å². The van der Waals surface area contributed by atoms with Crippen molar-refractivity contribution >= 4 is 24.0 Å². The molecule has 0 fully saturated rings. The molecule has 96 valence electrons. The third kappa shape index (κ3) is 3.50. The topological polar surface area (TPSA) is 22.1 Å². The van der Waals surface area contributed by atoms with Gasteiger partial charge in [0.15, 0.2) is 0 Å². The van der Waals surface area contributed by atoms with Crippen molar-refractivity contribution in [3.63, 3.8) is 0 Å². The van der Waals surface area contributed by atoms with Crippen LogP contribution in [-0.4, -0.2) is 11.6 Å². The smallest absolute Gasteiger partial charge is 0.119 e. The molecule has 1 aromatic carbocycles. The maximum Gasteiger partial charge on any atom is 0.119 e. The monoisotopic (exact) mass is 279 g/mol. The number of nitrogens with zero attached hydrogens (tertiary/aromatic N) is 1. The zero-order valence-corrected chi connectivity index (χ0v) is 12.4. The summed E-state index contributed by atoms with van der Waals surface area (Å²) in [5.41, 5.74) is 2.34. The van der Waals surface area contributed by atoms with Crippen LogP contribution < -0.4 is 4.74 Å². The van der Waals surface area contributed by atoms with Gasteiger partial charge in [-0.25, -0.2) is 4.98 Å². The highest BCUT2D eigenvalue weighted by atomic mass is 32.1. The summed E-state index contributed by atoms with van der Waals surface area (Å²) in [5, 5.41) is 1.13. The quantitative estimate of drug-likeness (QED) is 0.841. The van der Waals surface area contributed by atoms with Gasteiger partial charge in [0, 0.05) is 17.1 Å². The molecule has 0 saturated heterocycles. The summed E-state index contributed by atoms with van der Waals surface area (Å²) in [6.07, 6.45) is 0.854. The van der Waals surface area contributed by atoms with E-state index in [0.29, 0.717) is 6.61 Å². The van der Waals surface area contributed by atoms with Crippen LogP contribution in [-0.2, 0) is 12.2 Å². The number of hydrogen-bond acceptors (Lipinski definition) is 4. The lowest BCUT2D eigenvalue weighted by Gasteiger charge is -2.04. The second-order valence-electron chi connectivity index (χ2n) is 4.19. The van der Waals surface area contributed by atoms with E-state index in [4.69, 9.17) is 4.74 Å². The number of rotatable bonds is 5. The van der Waals surface area contributed by atoms with Gasteiger partial charge < -0.3 is 4.74 Å². The molecule has 0 saturated carbocycles. The van der Waals surface area contributed by atoms with Crippen molar-refractivity contribution in [2.24, 2.45) is 0 Å². The zero-order valence-electron chi connectivity index (χ0n) is 10.6. The first kappa shape index (κ1) is 13.4. The fourth-order valence-electron chi connectivity index (χ4n) is 1.63. The molecular weight excluding hydrogens is 262 g/mol. The number of aromatic nitrogens is 1. The Kier molecular flexibility index (Phi) is 4.66. The molecule has 0 N–H and O–H groups in total. The van der Waals surface area contributed by atoms with Crippen LogP contribution in [0.25, 0.3) is 0 Å². The van der Waals surface area contributed by atoms with Crippen molar-refractivity contribution in [1.82, 2.24) is 4.98 Å². The first-order valence-corrected chi connectivity index (χ1v) is 7.39. The summed E-state index contributed by atoms with van der Waals surface area (Å²) in [6.45, 7) is 4.77. The van der Waals surface area contributed by atoms with E-state index in [1.54, 1.807) is 11.3 Å².